The number of aromatic nitrogens is 2. The second-order valence-corrected chi connectivity index (χ2v) is 4.93. The Morgan fingerprint density at radius 2 is 2.60 bits per heavy atom. The standard InChI is InChI=1S/C10H14N2O2S/c1-7(10(13)14)9-2-4-11-12(9)8-3-5-15-6-8/h2,4,7-8H,3,5-6H2,1H3,(H,13,14). The van der Waals surface area contributed by atoms with Crippen LogP contribution < -0.4 is 0 Å². The molecule has 15 heavy (non-hydrogen) atoms. The van der Waals surface area contributed by atoms with Crippen molar-refractivity contribution < 1.29 is 9.90 Å². The summed E-state index contributed by atoms with van der Waals surface area (Å²) in [6, 6.07) is 2.18. The summed E-state index contributed by atoms with van der Waals surface area (Å²) in [4.78, 5) is 10.9. The number of carboxylic acids is 1. The number of carboxylic acid groups (broad SMARTS) is 1. The maximum absolute atomic E-state index is 10.9. The van der Waals surface area contributed by atoms with Gasteiger partial charge < -0.3 is 5.11 Å². The Bertz CT molecular complexity index is 358. The summed E-state index contributed by atoms with van der Waals surface area (Å²) in [5, 5.41) is 13.2. The zero-order chi connectivity index (χ0) is 10.8. The second-order valence-electron chi connectivity index (χ2n) is 3.78. The highest BCUT2D eigenvalue weighted by Gasteiger charge is 2.24. The molecule has 1 N–H and O–H groups in total. The maximum Gasteiger partial charge on any atom is 0.312 e. The molecular weight excluding hydrogens is 212 g/mol. The average molecular weight is 226 g/mol. The molecule has 1 aliphatic rings. The van der Waals surface area contributed by atoms with Crippen molar-refractivity contribution in [3.63, 3.8) is 0 Å². The van der Waals surface area contributed by atoms with Crippen molar-refractivity contribution in [3.8, 4) is 0 Å². The summed E-state index contributed by atoms with van der Waals surface area (Å²) in [5.41, 5.74) is 0.815. The second kappa shape index (κ2) is 4.26. The first kappa shape index (κ1) is 10.5. The molecule has 2 atom stereocenters. The fourth-order valence-electron chi connectivity index (χ4n) is 1.81. The number of nitrogens with zero attached hydrogens (tertiary/aromatic N) is 2. The highest BCUT2D eigenvalue weighted by molar-refractivity contribution is 7.99. The molecule has 0 amide bonds. The summed E-state index contributed by atoms with van der Waals surface area (Å²) in [7, 11) is 0. The van der Waals surface area contributed by atoms with E-state index < -0.39 is 11.9 Å². The van der Waals surface area contributed by atoms with Crippen molar-refractivity contribution in [2.24, 2.45) is 0 Å². The predicted octanol–water partition coefficient (Wildman–Crippen LogP) is 1.75. The van der Waals surface area contributed by atoms with Crippen LogP contribution in [0, 0.1) is 0 Å². The number of thioether (sulfide) groups is 1. The van der Waals surface area contributed by atoms with Gasteiger partial charge >= 0.3 is 5.97 Å². The van der Waals surface area contributed by atoms with Crippen LogP contribution >= 0.6 is 11.8 Å². The summed E-state index contributed by atoms with van der Waals surface area (Å²) >= 11 is 1.90. The Labute approximate surface area is 92.7 Å². The molecule has 2 heterocycles. The number of hydrogen-bond acceptors (Lipinski definition) is 3. The molecule has 0 aliphatic carbocycles. The summed E-state index contributed by atoms with van der Waals surface area (Å²) in [5.74, 6) is 0.924. The van der Waals surface area contributed by atoms with E-state index in [0.29, 0.717) is 6.04 Å². The lowest BCUT2D eigenvalue weighted by Crippen LogP contribution is -2.18. The highest BCUT2D eigenvalue weighted by Crippen LogP contribution is 2.30. The van der Waals surface area contributed by atoms with E-state index in [0.717, 1.165) is 23.6 Å². The molecule has 1 aliphatic heterocycles. The SMILES string of the molecule is CC(C(=O)O)c1ccnn1C1CCSC1. The fraction of sp³-hybridized carbons (Fsp3) is 0.600. The Hall–Kier alpha value is -0.970. The quantitative estimate of drug-likeness (QED) is 0.853. The predicted molar refractivity (Wildman–Crippen MR) is 59.3 cm³/mol. The molecule has 1 aromatic rings. The van der Waals surface area contributed by atoms with Crippen molar-refractivity contribution in [1.29, 1.82) is 0 Å². The van der Waals surface area contributed by atoms with Gasteiger partial charge in [0.15, 0.2) is 0 Å². The average Bonchev–Trinajstić information content (AvgIpc) is 2.86. The Kier molecular flexibility index (Phi) is 3.00. The van der Waals surface area contributed by atoms with Crippen LogP contribution in [-0.2, 0) is 4.79 Å². The molecule has 2 unspecified atom stereocenters. The molecule has 2 rings (SSSR count). The molecule has 0 radical (unpaired) electrons. The van der Waals surface area contributed by atoms with E-state index in [-0.39, 0.29) is 0 Å². The van der Waals surface area contributed by atoms with Gasteiger partial charge in [-0.2, -0.15) is 16.9 Å². The molecule has 5 heteroatoms. The molecule has 0 aromatic carbocycles. The minimum Gasteiger partial charge on any atom is -0.481 e. The molecule has 1 saturated heterocycles. The van der Waals surface area contributed by atoms with E-state index in [9.17, 15) is 4.79 Å². The zero-order valence-electron chi connectivity index (χ0n) is 8.59. The van der Waals surface area contributed by atoms with Gasteiger partial charge in [0.25, 0.3) is 0 Å². The van der Waals surface area contributed by atoms with Gasteiger partial charge in [0.05, 0.1) is 17.7 Å². The monoisotopic (exact) mass is 226 g/mol. The van der Waals surface area contributed by atoms with Crippen molar-refractivity contribution in [1.82, 2.24) is 9.78 Å². The van der Waals surface area contributed by atoms with Crippen LogP contribution in [0.2, 0.25) is 0 Å². The third kappa shape index (κ3) is 2.02. The van der Waals surface area contributed by atoms with Crippen LogP contribution in [0.3, 0.4) is 0 Å². The van der Waals surface area contributed by atoms with Gasteiger partial charge in [-0.3, -0.25) is 9.48 Å². The van der Waals surface area contributed by atoms with Crippen LogP contribution in [0.15, 0.2) is 12.3 Å². The van der Waals surface area contributed by atoms with Gasteiger partial charge in [-0.05, 0) is 25.2 Å². The lowest BCUT2D eigenvalue weighted by Gasteiger charge is -2.15. The zero-order valence-corrected chi connectivity index (χ0v) is 9.41. The number of aliphatic carboxylic acids is 1. The minimum atomic E-state index is -0.789. The summed E-state index contributed by atoms with van der Waals surface area (Å²) in [6.45, 7) is 1.71. The molecule has 4 nitrogen and oxygen atoms in total. The first-order valence-electron chi connectivity index (χ1n) is 5.04. The van der Waals surface area contributed by atoms with Crippen molar-refractivity contribution in [2.75, 3.05) is 11.5 Å². The molecule has 1 fully saturated rings. The van der Waals surface area contributed by atoms with E-state index in [1.54, 1.807) is 13.1 Å². The van der Waals surface area contributed by atoms with Gasteiger partial charge in [-0.25, -0.2) is 0 Å². The first-order chi connectivity index (χ1) is 7.20. The van der Waals surface area contributed by atoms with Crippen molar-refractivity contribution >= 4 is 17.7 Å². The van der Waals surface area contributed by atoms with Crippen LogP contribution in [0.1, 0.15) is 31.0 Å². The maximum atomic E-state index is 10.9. The first-order valence-corrected chi connectivity index (χ1v) is 6.19. The number of carbonyl (C=O) groups is 1. The van der Waals surface area contributed by atoms with Crippen molar-refractivity contribution in [2.45, 2.75) is 25.3 Å². The van der Waals surface area contributed by atoms with Crippen molar-refractivity contribution in [3.05, 3.63) is 18.0 Å². The van der Waals surface area contributed by atoms with Crippen LogP contribution in [0.5, 0.6) is 0 Å². The van der Waals surface area contributed by atoms with Crippen LogP contribution in [0.4, 0.5) is 0 Å². The van der Waals surface area contributed by atoms with Crippen LogP contribution in [0.25, 0.3) is 0 Å². The minimum absolute atomic E-state index is 0.377. The van der Waals surface area contributed by atoms with Gasteiger partial charge in [0, 0.05) is 11.9 Å². The molecule has 0 bridgehead atoms. The van der Waals surface area contributed by atoms with E-state index in [1.165, 1.54) is 0 Å². The Balaban J connectivity index is 2.24. The third-order valence-electron chi connectivity index (χ3n) is 2.77. The smallest absolute Gasteiger partial charge is 0.312 e. The molecular formula is C10H14N2O2S. The molecule has 0 saturated carbocycles. The summed E-state index contributed by atoms with van der Waals surface area (Å²) < 4.78 is 1.89. The molecule has 1 aromatic heterocycles. The van der Waals surface area contributed by atoms with E-state index in [2.05, 4.69) is 5.10 Å². The Morgan fingerprint density at radius 3 is 3.20 bits per heavy atom. The normalized spacial score (nSPS) is 22.9. The number of rotatable bonds is 3. The van der Waals surface area contributed by atoms with E-state index in [4.69, 9.17) is 5.11 Å². The molecule has 0 spiro atoms. The lowest BCUT2D eigenvalue weighted by molar-refractivity contribution is -0.138. The lowest BCUT2D eigenvalue weighted by atomic mass is 10.1. The van der Waals surface area contributed by atoms with Gasteiger partial charge in [-0.15, -0.1) is 0 Å². The Morgan fingerprint density at radius 1 is 1.80 bits per heavy atom. The van der Waals surface area contributed by atoms with Gasteiger partial charge in [-0.1, -0.05) is 0 Å². The third-order valence-corrected chi connectivity index (χ3v) is 3.91. The van der Waals surface area contributed by atoms with E-state index >= 15 is 0 Å². The fourth-order valence-corrected chi connectivity index (χ4v) is 3.00. The highest BCUT2D eigenvalue weighted by atomic mass is 32.2. The summed E-state index contributed by atoms with van der Waals surface area (Å²) in [6.07, 6.45) is 2.78. The number of hydrogen-bond donors (Lipinski definition) is 1. The molecule has 82 valence electrons. The topological polar surface area (TPSA) is 55.1 Å². The van der Waals surface area contributed by atoms with Gasteiger partial charge in [0.1, 0.15) is 0 Å². The largest absolute Gasteiger partial charge is 0.481 e. The van der Waals surface area contributed by atoms with Crippen LogP contribution in [-0.4, -0.2) is 32.4 Å². The van der Waals surface area contributed by atoms with E-state index in [1.807, 2.05) is 22.5 Å². The van der Waals surface area contributed by atoms with Gasteiger partial charge in [0.2, 0.25) is 0 Å².